The second-order valence-corrected chi connectivity index (χ2v) is 5.12. The van der Waals surface area contributed by atoms with E-state index < -0.39 is 6.09 Å². The Bertz CT molecular complexity index is 688. The zero-order valence-electron chi connectivity index (χ0n) is 13.3. The van der Waals surface area contributed by atoms with Gasteiger partial charge in [0.15, 0.2) is 5.75 Å². The van der Waals surface area contributed by atoms with Gasteiger partial charge in [-0.1, -0.05) is 30.3 Å². The lowest BCUT2D eigenvalue weighted by Gasteiger charge is -2.20. The van der Waals surface area contributed by atoms with Crippen LogP contribution in [0.3, 0.4) is 0 Å². The van der Waals surface area contributed by atoms with E-state index in [2.05, 4.69) is 6.58 Å². The Morgan fingerprint density at radius 1 is 1.17 bits per heavy atom. The van der Waals surface area contributed by atoms with Crippen molar-refractivity contribution in [3.05, 3.63) is 66.2 Å². The number of hydrogen-bond acceptors (Lipinski definition) is 4. The van der Waals surface area contributed by atoms with Gasteiger partial charge in [0.05, 0.1) is 6.54 Å². The van der Waals surface area contributed by atoms with Crippen LogP contribution in [0.25, 0.3) is 0 Å². The zero-order chi connectivity index (χ0) is 17.4. The third-order valence-electron chi connectivity index (χ3n) is 2.89. The second-order valence-electron chi connectivity index (χ2n) is 4.68. The highest BCUT2D eigenvalue weighted by molar-refractivity contribution is 6.30. The van der Waals surface area contributed by atoms with E-state index >= 15 is 0 Å². The van der Waals surface area contributed by atoms with Crippen molar-refractivity contribution in [1.82, 2.24) is 5.06 Å². The Kier molecular flexibility index (Phi) is 6.51. The van der Waals surface area contributed by atoms with Gasteiger partial charge < -0.3 is 14.3 Å². The minimum atomic E-state index is -0.573. The number of benzene rings is 2. The van der Waals surface area contributed by atoms with Crippen LogP contribution in [0.5, 0.6) is 17.2 Å². The summed E-state index contributed by atoms with van der Waals surface area (Å²) in [7, 11) is 0. The van der Waals surface area contributed by atoms with Crippen molar-refractivity contribution in [3.63, 3.8) is 0 Å². The highest BCUT2D eigenvalue weighted by Gasteiger charge is 2.14. The number of carbonyl (C=O) groups is 1. The number of halogens is 1. The first kappa shape index (κ1) is 17.7. The fraction of sp³-hybridized carbons (Fsp3) is 0.167. The third-order valence-corrected chi connectivity index (χ3v) is 3.12. The smallest absolute Gasteiger partial charge is 0.443 e. The summed E-state index contributed by atoms with van der Waals surface area (Å²) in [6.45, 7) is 5.75. The first-order chi connectivity index (χ1) is 11.6. The van der Waals surface area contributed by atoms with Crippen molar-refractivity contribution < 1.29 is 19.1 Å². The number of rotatable bonds is 7. The minimum Gasteiger partial charge on any atom is -0.457 e. The van der Waals surface area contributed by atoms with Crippen LogP contribution < -0.4 is 9.57 Å². The second kappa shape index (κ2) is 8.84. The zero-order valence-corrected chi connectivity index (χ0v) is 14.0. The van der Waals surface area contributed by atoms with Gasteiger partial charge in [0.1, 0.15) is 18.1 Å². The Morgan fingerprint density at radius 2 is 1.88 bits per heavy atom. The van der Waals surface area contributed by atoms with E-state index in [0.717, 1.165) is 5.06 Å². The van der Waals surface area contributed by atoms with Gasteiger partial charge in [-0.2, -0.15) is 0 Å². The molecule has 0 fully saturated rings. The van der Waals surface area contributed by atoms with Crippen LogP contribution in [-0.4, -0.2) is 24.3 Å². The monoisotopic (exact) mass is 347 g/mol. The van der Waals surface area contributed by atoms with Gasteiger partial charge in [0.25, 0.3) is 0 Å². The number of amides is 1. The van der Waals surface area contributed by atoms with Crippen molar-refractivity contribution in [2.24, 2.45) is 0 Å². The number of hydroxylamine groups is 2. The average molecular weight is 348 g/mol. The molecule has 2 aromatic rings. The summed E-state index contributed by atoms with van der Waals surface area (Å²) in [4.78, 5) is 17.3. The number of carbonyl (C=O) groups excluding carboxylic acids is 1. The number of nitrogens with zero attached hydrogens (tertiary/aromatic N) is 1. The van der Waals surface area contributed by atoms with Gasteiger partial charge in [-0.05, 0) is 49.4 Å². The maximum Gasteiger partial charge on any atom is 0.443 e. The predicted octanol–water partition coefficient (Wildman–Crippen LogP) is 5.07. The van der Waals surface area contributed by atoms with E-state index in [4.69, 9.17) is 25.9 Å². The molecule has 0 bridgehead atoms. The largest absolute Gasteiger partial charge is 0.457 e. The topological polar surface area (TPSA) is 48.0 Å². The lowest BCUT2D eigenvalue weighted by molar-refractivity contribution is -0.0416. The van der Waals surface area contributed by atoms with Crippen LogP contribution in [0, 0.1) is 0 Å². The molecule has 0 aliphatic carbocycles. The van der Waals surface area contributed by atoms with Gasteiger partial charge >= 0.3 is 6.09 Å². The molecule has 0 heterocycles. The molecule has 0 N–H and O–H groups in total. The van der Waals surface area contributed by atoms with Crippen LogP contribution in [0.2, 0.25) is 5.02 Å². The lowest BCUT2D eigenvalue weighted by atomic mass is 10.3. The molecule has 6 heteroatoms. The highest BCUT2D eigenvalue weighted by Crippen LogP contribution is 2.26. The minimum absolute atomic E-state index is 0.130. The lowest BCUT2D eigenvalue weighted by Crippen LogP contribution is -2.34. The van der Waals surface area contributed by atoms with Crippen LogP contribution in [-0.2, 0) is 4.74 Å². The molecule has 5 nitrogen and oxygen atoms in total. The fourth-order valence-electron chi connectivity index (χ4n) is 1.80. The summed E-state index contributed by atoms with van der Waals surface area (Å²) in [5, 5.41) is 1.72. The molecule has 0 aliphatic rings. The van der Waals surface area contributed by atoms with E-state index in [1.807, 2.05) is 12.1 Å². The molecule has 2 rings (SSSR count). The molecular formula is C18H18ClNO4. The summed E-state index contributed by atoms with van der Waals surface area (Å²) < 4.78 is 10.6. The van der Waals surface area contributed by atoms with E-state index in [1.54, 1.807) is 43.3 Å². The number of ether oxygens (including phenoxy) is 2. The molecule has 0 aliphatic heterocycles. The Hall–Kier alpha value is -2.66. The number of hydrogen-bond donors (Lipinski definition) is 0. The summed E-state index contributed by atoms with van der Waals surface area (Å²) in [6.07, 6.45) is 0.921. The van der Waals surface area contributed by atoms with Crippen molar-refractivity contribution in [1.29, 1.82) is 0 Å². The standard InChI is InChI=1S/C18H18ClNO4/c1-3-12-22-18(21)20(4-2)24-16-10-8-15(9-11-16)23-17-7-5-6-14(19)13-17/h3,5-11,13H,1,4,12H2,2H3. The fourth-order valence-corrected chi connectivity index (χ4v) is 1.98. The molecular weight excluding hydrogens is 330 g/mol. The SMILES string of the molecule is C=CCOC(=O)N(CC)Oc1ccc(Oc2cccc(Cl)c2)cc1. The Labute approximate surface area is 146 Å². The van der Waals surface area contributed by atoms with Crippen LogP contribution in [0.1, 0.15) is 6.92 Å². The molecule has 24 heavy (non-hydrogen) atoms. The van der Waals surface area contributed by atoms with Gasteiger partial charge in [-0.25, -0.2) is 4.79 Å². The predicted molar refractivity (Wildman–Crippen MR) is 92.5 cm³/mol. The van der Waals surface area contributed by atoms with Crippen LogP contribution >= 0.6 is 11.6 Å². The van der Waals surface area contributed by atoms with Crippen LogP contribution in [0.15, 0.2) is 61.2 Å². The molecule has 2 aromatic carbocycles. The normalized spacial score (nSPS) is 9.92. The first-order valence-electron chi connectivity index (χ1n) is 7.39. The van der Waals surface area contributed by atoms with E-state index in [9.17, 15) is 4.79 Å². The molecule has 0 radical (unpaired) electrons. The van der Waals surface area contributed by atoms with Gasteiger partial charge in [-0.15, -0.1) is 5.06 Å². The molecule has 0 atom stereocenters. The van der Waals surface area contributed by atoms with Gasteiger partial charge in [0, 0.05) is 5.02 Å². The molecule has 1 amide bonds. The average Bonchev–Trinajstić information content (AvgIpc) is 2.59. The quantitative estimate of drug-likeness (QED) is 0.518. The van der Waals surface area contributed by atoms with Crippen molar-refractivity contribution in [2.75, 3.05) is 13.2 Å². The maximum atomic E-state index is 11.8. The molecule has 0 saturated carbocycles. The Morgan fingerprint density at radius 3 is 2.50 bits per heavy atom. The van der Waals surface area contributed by atoms with E-state index in [-0.39, 0.29) is 6.61 Å². The summed E-state index contributed by atoms with van der Waals surface area (Å²) in [5.74, 6) is 1.76. The molecule has 0 spiro atoms. The molecule has 0 aromatic heterocycles. The third kappa shape index (κ3) is 5.21. The summed E-state index contributed by atoms with van der Waals surface area (Å²) in [6, 6.07) is 14.0. The van der Waals surface area contributed by atoms with Crippen molar-refractivity contribution in [2.45, 2.75) is 6.92 Å². The molecule has 0 unspecified atom stereocenters. The maximum absolute atomic E-state index is 11.8. The molecule has 126 valence electrons. The first-order valence-corrected chi connectivity index (χ1v) is 7.76. The highest BCUT2D eigenvalue weighted by atomic mass is 35.5. The van der Waals surface area contributed by atoms with E-state index in [0.29, 0.717) is 28.8 Å². The van der Waals surface area contributed by atoms with Gasteiger partial charge in [-0.3, -0.25) is 0 Å². The van der Waals surface area contributed by atoms with Crippen molar-refractivity contribution in [3.8, 4) is 17.2 Å². The van der Waals surface area contributed by atoms with Gasteiger partial charge in [0.2, 0.25) is 0 Å². The summed E-state index contributed by atoms with van der Waals surface area (Å²) in [5.41, 5.74) is 0. The van der Waals surface area contributed by atoms with Crippen molar-refractivity contribution >= 4 is 17.7 Å². The summed E-state index contributed by atoms with van der Waals surface area (Å²) >= 11 is 5.92. The van der Waals surface area contributed by atoms with E-state index in [1.165, 1.54) is 6.08 Å². The van der Waals surface area contributed by atoms with Crippen LogP contribution in [0.4, 0.5) is 4.79 Å². The molecule has 0 saturated heterocycles. The Balaban J connectivity index is 1.98.